The molecule has 2 aliphatic rings. The first-order chi connectivity index (χ1) is 9.43. The summed E-state index contributed by atoms with van der Waals surface area (Å²) in [6.45, 7) is 0. The molecule has 1 nitrogen and oxygen atoms in total. The largest absolute Gasteiger partial charge is 0.310 e. The lowest BCUT2D eigenvalue weighted by Gasteiger charge is -2.35. The van der Waals surface area contributed by atoms with Crippen molar-refractivity contribution in [3.05, 3.63) is 78.9 Å². The standard InChI is InChI=1S/C18H13N/c1-3-7-14(8-4-1)17-12-11-16-13-18(17)19(16)15-9-5-2-6-10-15/h1-13H. The number of hydrogen-bond acceptors (Lipinski definition) is 1. The predicted molar refractivity (Wildman–Crippen MR) is 80.1 cm³/mol. The van der Waals surface area contributed by atoms with Gasteiger partial charge in [-0.15, -0.1) is 0 Å². The minimum Gasteiger partial charge on any atom is -0.310 e. The summed E-state index contributed by atoms with van der Waals surface area (Å²) in [7, 11) is 0. The lowest BCUT2D eigenvalue weighted by Crippen LogP contribution is -2.18. The van der Waals surface area contributed by atoms with Crippen LogP contribution in [-0.4, -0.2) is 0 Å². The summed E-state index contributed by atoms with van der Waals surface area (Å²) in [6, 6.07) is 27.7. The fourth-order valence-electron chi connectivity index (χ4n) is 2.64. The van der Waals surface area contributed by atoms with Crippen molar-refractivity contribution in [2.45, 2.75) is 0 Å². The van der Waals surface area contributed by atoms with Crippen molar-refractivity contribution in [2.75, 3.05) is 4.90 Å². The van der Waals surface area contributed by atoms with Crippen LogP contribution in [0.25, 0.3) is 11.1 Å². The van der Waals surface area contributed by atoms with Crippen LogP contribution in [0.4, 0.5) is 17.1 Å². The van der Waals surface area contributed by atoms with E-state index in [2.05, 4.69) is 83.8 Å². The summed E-state index contributed by atoms with van der Waals surface area (Å²) in [6.07, 6.45) is 0. The monoisotopic (exact) mass is 243 g/mol. The van der Waals surface area contributed by atoms with Crippen molar-refractivity contribution in [2.24, 2.45) is 0 Å². The molecule has 2 aliphatic heterocycles. The van der Waals surface area contributed by atoms with Crippen LogP contribution in [0.15, 0.2) is 78.9 Å². The first-order valence-electron chi connectivity index (χ1n) is 6.48. The topological polar surface area (TPSA) is 3.24 Å². The molecule has 0 spiro atoms. The van der Waals surface area contributed by atoms with Crippen molar-refractivity contribution in [3.63, 3.8) is 0 Å². The zero-order valence-corrected chi connectivity index (χ0v) is 10.5. The number of para-hydroxylation sites is 1. The summed E-state index contributed by atoms with van der Waals surface area (Å²) in [4.78, 5) is 2.31. The second-order valence-corrected chi connectivity index (χ2v) is 4.74. The van der Waals surface area contributed by atoms with Gasteiger partial charge in [-0.2, -0.15) is 0 Å². The van der Waals surface area contributed by atoms with Gasteiger partial charge in [0.2, 0.25) is 0 Å². The van der Waals surface area contributed by atoms with Crippen LogP contribution in [-0.2, 0) is 0 Å². The first-order valence-corrected chi connectivity index (χ1v) is 6.48. The zero-order chi connectivity index (χ0) is 12.7. The van der Waals surface area contributed by atoms with E-state index in [1.807, 2.05) is 0 Å². The van der Waals surface area contributed by atoms with Gasteiger partial charge in [0.15, 0.2) is 0 Å². The van der Waals surface area contributed by atoms with Crippen LogP contribution in [0.3, 0.4) is 0 Å². The Morgan fingerprint density at radius 3 is 1.95 bits per heavy atom. The van der Waals surface area contributed by atoms with Gasteiger partial charge < -0.3 is 4.90 Å². The highest BCUT2D eigenvalue weighted by atomic mass is 15.2. The lowest BCUT2D eigenvalue weighted by molar-refractivity contribution is 1.22. The maximum Gasteiger partial charge on any atom is 0.0560 e. The maximum absolute atomic E-state index is 2.31. The molecule has 5 rings (SSSR count). The summed E-state index contributed by atoms with van der Waals surface area (Å²) >= 11 is 0. The van der Waals surface area contributed by atoms with Gasteiger partial charge in [-0.1, -0.05) is 54.6 Å². The molecule has 2 bridgehead atoms. The van der Waals surface area contributed by atoms with E-state index in [1.165, 1.54) is 28.2 Å². The molecule has 0 aliphatic carbocycles. The number of benzene rings is 3. The van der Waals surface area contributed by atoms with Gasteiger partial charge >= 0.3 is 0 Å². The van der Waals surface area contributed by atoms with Crippen LogP contribution in [0.2, 0.25) is 0 Å². The second kappa shape index (κ2) is 3.99. The molecule has 0 fully saturated rings. The Labute approximate surface area is 112 Å². The number of nitrogens with zero attached hydrogens (tertiary/aromatic N) is 1. The third kappa shape index (κ3) is 1.55. The molecular formula is C18H13N. The van der Waals surface area contributed by atoms with Gasteiger partial charge in [0.25, 0.3) is 0 Å². The molecular weight excluding hydrogens is 230 g/mol. The average molecular weight is 243 g/mol. The SMILES string of the molecule is c1ccc(-c2ccc3cc2N3c2ccccc2)cc1. The molecule has 19 heavy (non-hydrogen) atoms. The van der Waals surface area contributed by atoms with Crippen LogP contribution in [0.5, 0.6) is 0 Å². The van der Waals surface area contributed by atoms with Gasteiger partial charge in [0, 0.05) is 16.9 Å². The molecule has 3 aromatic rings. The molecule has 2 heterocycles. The molecule has 0 atom stereocenters. The summed E-state index contributed by atoms with van der Waals surface area (Å²) in [5.41, 5.74) is 6.34. The zero-order valence-electron chi connectivity index (χ0n) is 10.5. The molecule has 0 amide bonds. The Balaban J connectivity index is 1.82. The van der Waals surface area contributed by atoms with E-state index in [0.717, 1.165) is 0 Å². The molecule has 3 aromatic carbocycles. The highest BCUT2D eigenvalue weighted by molar-refractivity contribution is 5.96. The van der Waals surface area contributed by atoms with Gasteiger partial charge in [0.05, 0.1) is 5.69 Å². The van der Waals surface area contributed by atoms with E-state index in [4.69, 9.17) is 0 Å². The highest BCUT2D eigenvalue weighted by Crippen LogP contribution is 2.49. The van der Waals surface area contributed by atoms with E-state index < -0.39 is 0 Å². The van der Waals surface area contributed by atoms with E-state index in [-0.39, 0.29) is 0 Å². The number of hydrogen-bond donors (Lipinski definition) is 0. The van der Waals surface area contributed by atoms with Crippen molar-refractivity contribution >= 4 is 17.1 Å². The van der Waals surface area contributed by atoms with Gasteiger partial charge in [-0.3, -0.25) is 0 Å². The lowest BCUT2D eigenvalue weighted by atomic mass is 9.96. The van der Waals surface area contributed by atoms with Crippen molar-refractivity contribution in [1.82, 2.24) is 0 Å². The minimum atomic E-state index is 1.23. The molecule has 90 valence electrons. The van der Waals surface area contributed by atoms with Gasteiger partial charge in [0.1, 0.15) is 0 Å². The molecule has 0 unspecified atom stereocenters. The van der Waals surface area contributed by atoms with Crippen molar-refractivity contribution in [1.29, 1.82) is 0 Å². The molecule has 0 aromatic heterocycles. The molecule has 0 saturated carbocycles. The fraction of sp³-hybridized carbons (Fsp3) is 0. The normalized spacial score (nSPS) is 12.1. The predicted octanol–water partition coefficient (Wildman–Crippen LogP) is 5.14. The summed E-state index contributed by atoms with van der Waals surface area (Å²) in [5, 5.41) is 0. The Morgan fingerprint density at radius 1 is 0.579 bits per heavy atom. The second-order valence-electron chi connectivity index (χ2n) is 4.74. The average Bonchev–Trinajstić information content (AvgIpc) is 2.49. The molecule has 1 heteroatoms. The Kier molecular flexibility index (Phi) is 2.18. The fourth-order valence-corrected chi connectivity index (χ4v) is 2.64. The molecule has 0 saturated heterocycles. The highest BCUT2D eigenvalue weighted by Gasteiger charge is 2.25. The Bertz CT molecular complexity index is 713. The third-order valence-electron chi connectivity index (χ3n) is 3.58. The number of fused-ring (bicyclic) bond motifs is 2. The quantitative estimate of drug-likeness (QED) is 0.471. The summed E-state index contributed by atoms with van der Waals surface area (Å²) < 4.78 is 0. The van der Waals surface area contributed by atoms with Crippen LogP contribution >= 0.6 is 0 Å². The van der Waals surface area contributed by atoms with E-state index in [1.54, 1.807) is 0 Å². The van der Waals surface area contributed by atoms with Gasteiger partial charge in [-0.25, -0.2) is 0 Å². The van der Waals surface area contributed by atoms with E-state index in [0.29, 0.717) is 0 Å². The third-order valence-corrected chi connectivity index (χ3v) is 3.58. The van der Waals surface area contributed by atoms with Crippen molar-refractivity contribution < 1.29 is 0 Å². The first kappa shape index (κ1) is 10.4. The van der Waals surface area contributed by atoms with Crippen molar-refractivity contribution in [3.8, 4) is 11.1 Å². The Hall–Kier alpha value is -2.54. The smallest absolute Gasteiger partial charge is 0.0560 e. The molecule has 0 radical (unpaired) electrons. The molecule has 0 N–H and O–H groups in total. The number of anilines is 3. The Morgan fingerprint density at radius 2 is 1.26 bits per heavy atom. The van der Waals surface area contributed by atoms with Gasteiger partial charge in [-0.05, 0) is 29.8 Å². The number of rotatable bonds is 2. The van der Waals surface area contributed by atoms with Crippen LogP contribution < -0.4 is 4.90 Å². The van der Waals surface area contributed by atoms with E-state index in [9.17, 15) is 0 Å². The summed E-state index contributed by atoms with van der Waals surface area (Å²) in [5.74, 6) is 0. The minimum absolute atomic E-state index is 1.23. The van der Waals surface area contributed by atoms with Crippen LogP contribution in [0.1, 0.15) is 0 Å². The van der Waals surface area contributed by atoms with Crippen LogP contribution in [0, 0.1) is 0 Å². The maximum atomic E-state index is 2.31. The van der Waals surface area contributed by atoms with E-state index >= 15 is 0 Å².